The summed E-state index contributed by atoms with van der Waals surface area (Å²) in [7, 11) is 1.69. The Morgan fingerprint density at radius 2 is 2.40 bits per heavy atom. The highest BCUT2D eigenvalue weighted by atomic mass is 127. The maximum absolute atomic E-state index is 6.35. The molecular formula is C13H17ClIN3OS. The van der Waals surface area contributed by atoms with Crippen molar-refractivity contribution in [1.82, 2.24) is 15.1 Å². The first-order chi connectivity index (χ1) is 9.67. The first-order valence-electron chi connectivity index (χ1n) is 6.34. The van der Waals surface area contributed by atoms with Gasteiger partial charge in [0.1, 0.15) is 0 Å². The van der Waals surface area contributed by atoms with Gasteiger partial charge in [-0.3, -0.25) is 4.68 Å². The van der Waals surface area contributed by atoms with Crippen molar-refractivity contribution in [3.63, 3.8) is 0 Å². The number of methoxy groups -OCH3 is 1. The summed E-state index contributed by atoms with van der Waals surface area (Å²) in [5.41, 5.74) is 2.22. The monoisotopic (exact) mass is 425 g/mol. The minimum atomic E-state index is 0.0617. The lowest BCUT2D eigenvalue weighted by Crippen LogP contribution is -2.25. The van der Waals surface area contributed by atoms with Crippen LogP contribution in [0.3, 0.4) is 0 Å². The van der Waals surface area contributed by atoms with E-state index in [-0.39, 0.29) is 6.04 Å². The summed E-state index contributed by atoms with van der Waals surface area (Å²) in [6.07, 6.45) is 1.70. The number of rotatable bonds is 7. The fourth-order valence-corrected chi connectivity index (χ4v) is 3.71. The third-order valence-electron chi connectivity index (χ3n) is 2.94. The summed E-state index contributed by atoms with van der Waals surface area (Å²) in [6, 6.07) is 2.24. The van der Waals surface area contributed by atoms with Crippen LogP contribution in [0.1, 0.15) is 24.2 Å². The molecule has 1 atom stereocenters. The van der Waals surface area contributed by atoms with Crippen LogP contribution in [-0.4, -0.2) is 30.0 Å². The Balaban J connectivity index is 2.35. The van der Waals surface area contributed by atoms with Gasteiger partial charge < -0.3 is 10.1 Å². The number of halogens is 2. The van der Waals surface area contributed by atoms with E-state index in [1.165, 1.54) is 8.45 Å². The van der Waals surface area contributed by atoms with Gasteiger partial charge in [0.05, 0.1) is 39.0 Å². The molecule has 7 heteroatoms. The zero-order chi connectivity index (χ0) is 14.5. The van der Waals surface area contributed by atoms with Crippen molar-refractivity contribution >= 4 is 45.5 Å². The Morgan fingerprint density at radius 3 is 3.00 bits per heavy atom. The van der Waals surface area contributed by atoms with Gasteiger partial charge in [-0.1, -0.05) is 18.5 Å². The van der Waals surface area contributed by atoms with Gasteiger partial charge in [-0.15, -0.1) is 11.3 Å². The molecule has 0 aliphatic carbocycles. The quantitative estimate of drug-likeness (QED) is 0.690. The summed E-state index contributed by atoms with van der Waals surface area (Å²) in [4.78, 5) is 0. The van der Waals surface area contributed by atoms with Crippen LogP contribution >= 0.6 is 45.5 Å². The molecule has 110 valence electrons. The SMILES string of the molecule is CCNC(c1csc(I)c1)c1c(Cl)cnn1CCOC. The van der Waals surface area contributed by atoms with E-state index < -0.39 is 0 Å². The molecule has 0 saturated heterocycles. The number of thiophene rings is 1. The highest BCUT2D eigenvalue weighted by molar-refractivity contribution is 14.1. The van der Waals surface area contributed by atoms with Crippen LogP contribution in [0.4, 0.5) is 0 Å². The van der Waals surface area contributed by atoms with Gasteiger partial charge in [0.2, 0.25) is 0 Å². The van der Waals surface area contributed by atoms with Gasteiger partial charge in [-0.25, -0.2) is 0 Å². The number of ether oxygens (including phenoxy) is 1. The molecule has 4 nitrogen and oxygen atoms in total. The molecular weight excluding hydrogens is 409 g/mol. The molecule has 0 aliphatic rings. The second-order valence-corrected chi connectivity index (χ2v) is 7.48. The third kappa shape index (κ3) is 3.73. The maximum Gasteiger partial charge on any atom is 0.0837 e. The van der Waals surface area contributed by atoms with E-state index >= 15 is 0 Å². The van der Waals surface area contributed by atoms with Gasteiger partial charge in [-0.05, 0) is 46.1 Å². The Morgan fingerprint density at radius 1 is 1.60 bits per heavy atom. The summed E-state index contributed by atoms with van der Waals surface area (Å²) >= 11 is 10.4. The normalized spacial score (nSPS) is 12.8. The Bertz CT molecular complexity index is 558. The van der Waals surface area contributed by atoms with E-state index in [0.717, 1.165) is 12.2 Å². The molecule has 1 N–H and O–H groups in total. The molecule has 0 aliphatic heterocycles. The minimum absolute atomic E-state index is 0.0617. The lowest BCUT2D eigenvalue weighted by Gasteiger charge is -2.19. The molecule has 20 heavy (non-hydrogen) atoms. The molecule has 0 bridgehead atoms. The highest BCUT2D eigenvalue weighted by Gasteiger charge is 2.22. The summed E-state index contributed by atoms with van der Waals surface area (Å²) in [5, 5.41) is 10.7. The molecule has 2 rings (SSSR count). The van der Waals surface area contributed by atoms with Crippen LogP contribution < -0.4 is 5.32 Å². The van der Waals surface area contributed by atoms with Crippen LogP contribution in [0.5, 0.6) is 0 Å². The number of hydrogen-bond acceptors (Lipinski definition) is 4. The number of nitrogens with zero attached hydrogens (tertiary/aromatic N) is 2. The minimum Gasteiger partial charge on any atom is -0.383 e. The lowest BCUT2D eigenvalue weighted by molar-refractivity contribution is 0.182. The molecule has 2 aromatic heterocycles. The number of nitrogens with one attached hydrogen (secondary N) is 1. The second kappa shape index (κ2) is 7.74. The molecule has 0 radical (unpaired) electrons. The number of aromatic nitrogens is 2. The van der Waals surface area contributed by atoms with Crippen molar-refractivity contribution in [2.75, 3.05) is 20.3 Å². The Kier molecular flexibility index (Phi) is 6.28. The first kappa shape index (κ1) is 16.2. The molecule has 2 heterocycles. The van der Waals surface area contributed by atoms with Gasteiger partial charge >= 0.3 is 0 Å². The van der Waals surface area contributed by atoms with Crippen molar-refractivity contribution in [3.05, 3.63) is 36.8 Å². The van der Waals surface area contributed by atoms with Gasteiger partial charge in [0, 0.05) is 7.11 Å². The van der Waals surface area contributed by atoms with Gasteiger partial charge in [0.15, 0.2) is 0 Å². The van der Waals surface area contributed by atoms with Gasteiger partial charge in [0.25, 0.3) is 0 Å². The Hall–Kier alpha value is -0.150. The molecule has 0 aromatic carbocycles. The van der Waals surface area contributed by atoms with E-state index in [0.29, 0.717) is 18.2 Å². The standard InChI is InChI=1S/C13H17ClIN3OS/c1-3-16-12(9-6-11(15)20-8-9)13-10(14)7-17-18(13)4-5-19-2/h6-8,12,16H,3-5H2,1-2H3. The predicted octanol–water partition coefficient (Wildman–Crippen LogP) is 3.55. The van der Waals surface area contributed by atoms with E-state index in [1.807, 2.05) is 4.68 Å². The molecule has 1 unspecified atom stereocenters. The molecule has 0 spiro atoms. The van der Waals surface area contributed by atoms with Crippen molar-refractivity contribution in [3.8, 4) is 0 Å². The zero-order valence-electron chi connectivity index (χ0n) is 11.4. The maximum atomic E-state index is 6.35. The smallest absolute Gasteiger partial charge is 0.0837 e. The van der Waals surface area contributed by atoms with Crippen LogP contribution in [0.2, 0.25) is 5.02 Å². The van der Waals surface area contributed by atoms with Gasteiger partial charge in [-0.2, -0.15) is 5.10 Å². The summed E-state index contributed by atoms with van der Waals surface area (Å²) in [5.74, 6) is 0. The van der Waals surface area contributed by atoms with Crippen LogP contribution in [-0.2, 0) is 11.3 Å². The van der Waals surface area contributed by atoms with Crippen molar-refractivity contribution in [2.24, 2.45) is 0 Å². The van der Waals surface area contributed by atoms with E-state index in [2.05, 4.69) is 51.4 Å². The van der Waals surface area contributed by atoms with E-state index in [1.54, 1.807) is 24.6 Å². The molecule has 0 amide bonds. The van der Waals surface area contributed by atoms with Crippen molar-refractivity contribution < 1.29 is 4.74 Å². The third-order valence-corrected chi connectivity index (χ3v) is 5.04. The summed E-state index contributed by atoms with van der Waals surface area (Å²) in [6.45, 7) is 4.27. The topological polar surface area (TPSA) is 39.1 Å². The fraction of sp³-hybridized carbons (Fsp3) is 0.462. The van der Waals surface area contributed by atoms with E-state index in [9.17, 15) is 0 Å². The van der Waals surface area contributed by atoms with Crippen LogP contribution in [0.15, 0.2) is 17.6 Å². The molecule has 0 saturated carbocycles. The second-order valence-electron chi connectivity index (χ2n) is 4.27. The first-order valence-corrected chi connectivity index (χ1v) is 8.68. The lowest BCUT2D eigenvalue weighted by atomic mass is 10.1. The number of hydrogen-bond donors (Lipinski definition) is 1. The fourth-order valence-electron chi connectivity index (χ4n) is 2.07. The predicted molar refractivity (Wildman–Crippen MR) is 91.7 cm³/mol. The molecule has 0 fully saturated rings. The average Bonchev–Trinajstić information content (AvgIpc) is 3.01. The van der Waals surface area contributed by atoms with Crippen LogP contribution in [0, 0.1) is 2.88 Å². The van der Waals surface area contributed by atoms with E-state index in [4.69, 9.17) is 16.3 Å². The summed E-state index contributed by atoms with van der Waals surface area (Å²) < 4.78 is 8.32. The zero-order valence-corrected chi connectivity index (χ0v) is 15.1. The van der Waals surface area contributed by atoms with Crippen molar-refractivity contribution in [1.29, 1.82) is 0 Å². The largest absolute Gasteiger partial charge is 0.383 e. The van der Waals surface area contributed by atoms with Crippen LogP contribution in [0.25, 0.3) is 0 Å². The van der Waals surface area contributed by atoms with Crippen molar-refractivity contribution in [2.45, 2.75) is 19.5 Å². The average molecular weight is 426 g/mol. The Labute approximate surface area is 141 Å². The highest BCUT2D eigenvalue weighted by Crippen LogP contribution is 2.31. The molecule has 2 aromatic rings.